The van der Waals surface area contributed by atoms with E-state index in [4.69, 9.17) is 14.2 Å². The topological polar surface area (TPSA) is 94.1 Å². The van der Waals surface area contributed by atoms with Gasteiger partial charge in [0.2, 0.25) is 12.7 Å². The summed E-state index contributed by atoms with van der Waals surface area (Å²) in [4.78, 5) is 23.9. The highest BCUT2D eigenvalue weighted by molar-refractivity contribution is 5.86. The number of benzene rings is 1. The first-order valence-corrected chi connectivity index (χ1v) is 7.68. The van der Waals surface area contributed by atoms with E-state index < -0.39 is 17.8 Å². The lowest BCUT2D eigenvalue weighted by molar-refractivity contribution is -0.147. The van der Waals surface area contributed by atoms with E-state index in [0.29, 0.717) is 24.5 Å². The van der Waals surface area contributed by atoms with Crippen LogP contribution in [0.25, 0.3) is 0 Å². The van der Waals surface area contributed by atoms with Crippen LogP contribution in [-0.2, 0) is 20.9 Å². The predicted octanol–water partition coefficient (Wildman–Crippen LogP) is 0.910. The van der Waals surface area contributed by atoms with Gasteiger partial charge in [0.25, 0.3) is 0 Å². The summed E-state index contributed by atoms with van der Waals surface area (Å²) in [5, 5.41) is 12.2. The molecule has 2 N–H and O–H groups in total. The average molecular weight is 319 g/mol. The Balaban J connectivity index is 1.43. The van der Waals surface area contributed by atoms with Crippen molar-refractivity contribution in [2.75, 3.05) is 6.79 Å². The van der Waals surface area contributed by atoms with Crippen LogP contribution >= 0.6 is 0 Å². The molecule has 23 heavy (non-hydrogen) atoms. The Labute approximate surface area is 132 Å². The van der Waals surface area contributed by atoms with Gasteiger partial charge in [-0.15, -0.1) is 0 Å². The van der Waals surface area contributed by atoms with Crippen LogP contribution in [0.3, 0.4) is 0 Å². The maximum Gasteiger partial charge on any atom is 0.310 e. The summed E-state index contributed by atoms with van der Waals surface area (Å²) in [6, 6.07) is 5.46. The summed E-state index contributed by atoms with van der Waals surface area (Å²) in [6.45, 7) is 0.517. The Morgan fingerprint density at radius 2 is 1.87 bits per heavy atom. The van der Waals surface area contributed by atoms with Crippen molar-refractivity contribution in [3.05, 3.63) is 23.8 Å². The molecule has 7 heteroatoms. The van der Waals surface area contributed by atoms with E-state index in [-0.39, 0.29) is 24.9 Å². The molecule has 4 atom stereocenters. The lowest BCUT2D eigenvalue weighted by Gasteiger charge is -2.23. The van der Waals surface area contributed by atoms with Crippen LogP contribution in [0, 0.1) is 11.8 Å². The zero-order valence-corrected chi connectivity index (χ0v) is 12.4. The number of hydrogen-bond acceptors (Lipinski definition) is 5. The quantitative estimate of drug-likeness (QED) is 0.857. The van der Waals surface area contributed by atoms with E-state index in [1.807, 2.05) is 12.1 Å². The molecule has 4 rings (SSSR count). The summed E-state index contributed by atoms with van der Waals surface area (Å²) < 4.78 is 16.2. The molecule has 0 saturated carbocycles. The molecule has 0 spiro atoms. The van der Waals surface area contributed by atoms with Crippen LogP contribution < -0.4 is 14.8 Å². The fourth-order valence-corrected chi connectivity index (χ4v) is 3.68. The van der Waals surface area contributed by atoms with E-state index >= 15 is 0 Å². The van der Waals surface area contributed by atoms with Crippen LogP contribution in [0.1, 0.15) is 18.4 Å². The predicted molar refractivity (Wildman–Crippen MR) is 76.9 cm³/mol. The smallest absolute Gasteiger partial charge is 0.310 e. The van der Waals surface area contributed by atoms with Gasteiger partial charge >= 0.3 is 5.97 Å². The van der Waals surface area contributed by atoms with Gasteiger partial charge in [-0.2, -0.15) is 0 Å². The van der Waals surface area contributed by atoms with E-state index in [1.165, 1.54) is 0 Å². The standard InChI is InChI=1S/C16H17NO6/c18-15(13-10-3-4-11(23-10)14(13)16(19)20)17-6-8-1-2-9-12(5-8)22-7-21-9/h1-2,5,10-11,13-14H,3-4,6-7H2,(H,17,18)(H,19,20)/t10-,11+,13+,14+/m1/s1. The number of aliphatic carboxylic acids is 1. The number of carbonyl (C=O) groups excluding carboxylic acids is 1. The van der Waals surface area contributed by atoms with E-state index in [1.54, 1.807) is 6.07 Å². The molecule has 3 aliphatic heterocycles. The molecule has 1 amide bonds. The number of rotatable bonds is 4. The maximum atomic E-state index is 12.4. The van der Waals surface area contributed by atoms with Crippen molar-refractivity contribution in [2.45, 2.75) is 31.6 Å². The molecule has 2 bridgehead atoms. The Hall–Kier alpha value is -2.28. The fraction of sp³-hybridized carbons (Fsp3) is 0.500. The summed E-state index contributed by atoms with van der Waals surface area (Å²) in [5.41, 5.74) is 0.874. The van der Waals surface area contributed by atoms with Crippen molar-refractivity contribution >= 4 is 11.9 Å². The lowest BCUT2D eigenvalue weighted by Crippen LogP contribution is -2.43. The number of carbonyl (C=O) groups is 2. The minimum atomic E-state index is -0.958. The van der Waals surface area contributed by atoms with Gasteiger partial charge in [-0.05, 0) is 30.5 Å². The van der Waals surface area contributed by atoms with Crippen molar-refractivity contribution in [1.29, 1.82) is 0 Å². The minimum absolute atomic E-state index is 0.202. The summed E-state index contributed by atoms with van der Waals surface area (Å²) in [5.74, 6) is -1.23. The van der Waals surface area contributed by atoms with Crippen molar-refractivity contribution in [1.82, 2.24) is 5.32 Å². The number of nitrogens with one attached hydrogen (secondary N) is 1. The Kier molecular flexibility index (Phi) is 3.37. The van der Waals surface area contributed by atoms with Crippen LogP contribution in [-0.4, -0.2) is 36.0 Å². The molecule has 1 aromatic carbocycles. The zero-order valence-electron chi connectivity index (χ0n) is 12.4. The van der Waals surface area contributed by atoms with Crippen LogP contribution in [0.15, 0.2) is 18.2 Å². The second kappa shape index (κ2) is 5.42. The molecule has 0 aromatic heterocycles. The van der Waals surface area contributed by atoms with Gasteiger partial charge in [-0.25, -0.2) is 0 Å². The average Bonchev–Trinajstić information content (AvgIpc) is 3.25. The van der Waals surface area contributed by atoms with Crippen molar-refractivity contribution < 1.29 is 28.9 Å². The zero-order chi connectivity index (χ0) is 16.0. The summed E-state index contributed by atoms with van der Waals surface area (Å²) in [7, 11) is 0. The van der Waals surface area contributed by atoms with Crippen molar-refractivity contribution in [3.8, 4) is 11.5 Å². The number of hydrogen-bond donors (Lipinski definition) is 2. The highest BCUT2D eigenvalue weighted by atomic mass is 16.7. The third-order valence-corrected chi connectivity index (χ3v) is 4.76. The first kappa shape index (κ1) is 14.3. The Morgan fingerprint density at radius 3 is 2.65 bits per heavy atom. The number of carboxylic acids is 1. The molecule has 3 aliphatic rings. The number of ether oxygens (including phenoxy) is 3. The highest BCUT2D eigenvalue weighted by Crippen LogP contribution is 2.43. The Bertz CT molecular complexity index is 660. The second-order valence-electron chi connectivity index (χ2n) is 6.09. The van der Waals surface area contributed by atoms with Gasteiger partial charge in [0.1, 0.15) is 0 Å². The molecule has 0 radical (unpaired) electrons. The first-order valence-electron chi connectivity index (χ1n) is 7.68. The van der Waals surface area contributed by atoms with Crippen molar-refractivity contribution in [2.24, 2.45) is 11.8 Å². The molecule has 2 saturated heterocycles. The molecule has 3 heterocycles. The van der Waals surface area contributed by atoms with Gasteiger partial charge < -0.3 is 24.6 Å². The number of amides is 1. The minimum Gasteiger partial charge on any atom is -0.481 e. The SMILES string of the molecule is O=C(O)[C@@H]1[C@@H](C(=O)NCc2ccc3c(c2)OCO3)[C@H]2CC[C@@H]1O2. The number of fused-ring (bicyclic) bond motifs is 3. The molecule has 122 valence electrons. The largest absolute Gasteiger partial charge is 0.481 e. The molecule has 0 aliphatic carbocycles. The van der Waals surface area contributed by atoms with Crippen molar-refractivity contribution in [3.63, 3.8) is 0 Å². The van der Waals surface area contributed by atoms with E-state index in [9.17, 15) is 14.7 Å². The van der Waals surface area contributed by atoms with Gasteiger partial charge in [0, 0.05) is 6.54 Å². The third kappa shape index (κ3) is 2.41. The number of carboxylic acid groups (broad SMARTS) is 1. The molecule has 1 aromatic rings. The van der Waals surface area contributed by atoms with Gasteiger partial charge in [-0.3, -0.25) is 9.59 Å². The fourth-order valence-electron chi connectivity index (χ4n) is 3.68. The third-order valence-electron chi connectivity index (χ3n) is 4.76. The van der Waals surface area contributed by atoms with Crippen LogP contribution in [0.4, 0.5) is 0 Å². The molecule has 7 nitrogen and oxygen atoms in total. The summed E-state index contributed by atoms with van der Waals surface area (Å²) in [6.07, 6.45) is 0.848. The normalized spacial score (nSPS) is 30.4. The molecular weight excluding hydrogens is 302 g/mol. The second-order valence-corrected chi connectivity index (χ2v) is 6.09. The van der Waals surface area contributed by atoms with Gasteiger partial charge in [-0.1, -0.05) is 6.07 Å². The molecule has 0 unspecified atom stereocenters. The maximum absolute atomic E-state index is 12.4. The lowest BCUT2D eigenvalue weighted by atomic mass is 9.78. The molecular formula is C16H17NO6. The summed E-state index contributed by atoms with van der Waals surface area (Å²) >= 11 is 0. The molecule has 2 fully saturated rings. The van der Waals surface area contributed by atoms with Crippen LogP contribution in [0.5, 0.6) is 11.5 Å². The highest BCUT2D eigenvalue weighted by Gasteiger charge is 2.55. The van der Waals surface area contributed by atoms with Gasteiger partial charge in [0.15, 0.2) is 11.5 Å². The monoisotopic (exact) mass is 319 g/mol. The van der Waals surface area contributed by atoms with E-state index in [0.717, 1.165) is 12.0 Å². The van der Waals surface area contributed by atoms with Gasteiger partial charge in [0.05, 0.1) is 24.0 Å². The first-order chi connectivity index (χ1) is 11.1. The van der Waals surface area contributed by atoms with E-state index in [2.05, 4.69) is 5.32 Å². The Morgan fingerprint density at radius 1 is 1.13 bits per heavy atom. The van der Waals surface area contributed by atoms with Crippen LogP contribution in [0.2, 0.25) is 0 Å².